The third-order valence-corrected chi connectivity index (χ3v) is 8.41. The molecule has 0 heterocycles. The van der Waals surface area contributed by atoms with Gasteiger partial charge in [-0.05, 0) is 0 Å². The second-order valence-corrected chi connectivity index (χ2v) is 18.5. The fourth-order valence-electron chi connectivity index (χ4n) is 0.489. The van der Waals surface area contributed by atoms with Crippen LogP contribution >= 0.6 is 11.6 Å². The molecular weight excluding hydrogens is 238 g/mol. The third kappa shape index (κ3) is 4.26. The standard InChI is InChI=1S/C4H6Cl.3CH3.Sn/c1-2-3-4-5;;;;/h1,3-4H2;3*1H3;. The van der Waals surface area contributed by atoms with Gasteiger partial charge in [0.1, 0.15) is 0 Å². The maximum atomic E-state index is 5.58. The van der Waals surface area contributed by atoms with Gasteiger partial charge in [0.15, 0.2) is 0 Å². The Kier molecular flexibility index (Phi) is 4.22. The van der Waals surface area contributed by atoms with Crippen LogP contribution in [0.25, 0.3) is 0 Å². The first-order valence-electron chi connectivity index (χ1n) is 3.22. The zero-order valence-corrected chi connectivity index (χ0v) is 10.1. The Bertz CT molecular complexity index is 102. The van der Waals surface area contributed by atoms with Crippen LogP contribution in [0.1, 0.15) is 6.42 Å². The fraction of sp³-hybridized carbons (Fsp3) is 0.714. The molecule has 0 rings (SSSR count). The summed E-state index contributed by atoms with van der Waals surface area (Å²) in [5.74, 6) is 0.743. The Morgan fingerprint density at radius 3 is 2.00 bits per heavy atom. The summed E-state index contributed by atoms with van der Waals surface area (Å²) in [6.45, 7) is 4.02. The van der Waals surface area contributed by atoms with Crippen LogP contribution in [0.5, 0.6) is 0 Å². The molecule has 0 saturated heterocycles. The first kappa shape index (κ1) is 9.83. The predicted molar refractivity (Wildman–Crippen MR) is 47.8 cm³/mol. The zero-order chi connectivity index (χ0) is 7.49. The van der Waals surface area contributed by atoms with E-state index in [0.29, 0.717) is 0 Å². The van der Waals surface area contributed by atoms with E-state index in [0.717, 1.165) is 12.3 Å². The van der Waals surface area contributed by atoms with Crippen LogP contribution in [-0.2, 0) is 0 Å². The minimum atomic E-state index is -1.72. The molecule has 0 aliphatic carbocycles. The topological polar surface area (TPSA) is 0 Å². The van der Waals surface area contributed by atoms with E-state index in [4.69, 9.17) is 11.6 Å². The molecule has 0 aromatic carbocycles. The van der Waals surface area contributed by atoms with Crippen molar-refractivity contribution in [3.05, 3.63) is 10.2 Å². The normalized spacial score (nSPS) is 11.6. The number of hydrogen-bond acceptors (Lipinski definition) is 0. The third-order valence-electron chi connectivity index (χ3n) is 1.46. The summed E-state index contributed by atoms with van der Waals surface area (Å²) in [5, 5.41) is 0. The summed E-state index contributed by atoms with van der Waals surface area (Å²) in [6, 6.07) is 0. The monoisotopic (exact) mass is 254 g/mol. The van der Waals surface area contributed by atoms with E-state index in [1.54, 1.807) is 0 Å². The van der Waals surface area contributed by atoms with Crippen molar-refractivity contribution in [3.63, 3.8) is 0 Å². The van der Waals surface area contributed by atoms with Gasteiger partial charge in [-0.2, -0.15) is 0 Å². The number of hydrogen-bond donors (Lipinski definition) is 0. The van der Waals surface area contributed by atoms with Crippen molar-refractivity contribution < 1.29 is 0 Å². The molecule has 0 aromatic rings. The molecule has 0 saturated carbocycles. The van der Waals surface area contributed by atoms with Gasteiger partial charge < -0.3 is 0 Å². The van der Waals surface area contributed by atoms with Crippen LogP contribution in [0.4, 0.5) is 0 Å². The van der Waals surface area contributed by atoms with Crippen molar-refractivity contribution in [1.29, 1.82) is 0 Å². The summed E-state index contributed by atoms with van der Waals surface area (Å²) in [7, 11) is 0. The van der Waals surface area contributed by atoms with Crippen molar-refractivity contribution in [2.24, 2.45) is 0 Å². The Labute approximate surface area is 67.2 Å². The van der Waals surface area contributed by atoms with E-state index < -0.39 is 18.4 Å². The predicted octanol–water partition coefficient (Wildman–Crippen LogP) is 3.05. The zero-order valence-electron chi connectivity index (χ0n) is 6.50. The van der Waals surface area contributed by atoms with Gasteiger partial charge in [-0.15, -0.1) is 0 Å². The van der Waals surface area contributed by atoms with Crippen molar-refractivity contribution in [1.82, 2.24) is 0 Å². The van der Waals surface area contributed by atoms with E-state index >= 15 is 0 Å². The van der Waals surface area contributed by atoms with E-state index in [1.807, 2.05) is 0 Å². The molecule has 0 radical (unpaired) electrons. The Morgan fingerprint density at radius 2 is 1.89 bits per heavy atom. The van der Waals surface area contributed by atoms with Crippen LogP contribution in [0.2, 0.25) is 14.8 Å². The molecule has 0 fully saturated rings. The van der Waals surface area contributed by atoms with E-state index in [1.165, 1.54) is 3.59 Å². The molecule has 0 spiro atoms. The van der Waals surface area contributed by atoms with Gasteiger partial charge in [-0.25, -0.2) is 0 Å². The summed E-state index contributed by atoms with van der Waals surface area (Å²) in [5.41, 5.74) is 0. The van der Waals surface area contributed by atoms with Gasteiger partial charge in [0, 0.05) is 0 Å². The summed E-state index contributed by atoms with van der Waals surface area (Å²) >= 11 is 3.85. The summed E-state index contributed by atoms with van der Waals surface area (Å²) in [6.07, 6.45) is 1.03. The van der Waals surface area contributed by atoms with E-state index in [2.05, 4.69) is 21.4 Å². The molecule has 54 valence electrons. The molecule has 0 atom stereocenters. The molecule has 0 aromatic heterocycles. The second kappa shape index (κ2) is 3.87. The Balaban J connectivity index is 3.74. The van der Waals surface area contributed by atoms with Gasteiger partial charge >= 0.3 is 67.3 Å². The average Bonchev–Trinajstić information content (AvgIpc) is 1.64. The molecule has 0 amide bonds. The Hall–Kier alpha value is 0.829. The van der Waals surface area contributed by atoms with Gasteiger partial charge in [0.2, 0.25) is 0 Å². The number of allylic oxidation sites excluding steroid dienone is 1. The Morgan fingerprint density at radius 1 is 1.44 bits per heavy atom. The van der Waals surface area contributed by atoms with Gasteiger partial charge in [-0.1, -0.05) is 0 Å². The second-order valence-electron chi connectivity index (χ2n) is 3.29. The van der Waals surface area contributed by atoms with Gasteiger partial charge in [-0.3, -0.25) is 0 Å². The van der Waals surface area contributed by atoms with Crippen LogP contribution in [0.15, 0.2) is 10.2 Å². The molecule has 2 heteroatoms. The average molecular weight is 253 g/mol. The van der Waals surface area contributed by atoms with Crippen molar-refractivity contribution >= 4 is 30.0 Å². The minimum absolute atomic E-state index is 0.743. The van der Waals surface area contributed by atoms with E-state index in [-0.39, 0.29) is 0 Å². The SMILES string of the molecule is C=[C](CCCl)[Sn]([CH3])([CH3])[CH3]. The van der Waals surface area contributed by atoms with Crippen molar-refractivity contribution in [2.75, 3.05) is 5.88 Å². The van der Waals surface area contributed by atoms with Gasteiger partial charge in [0.05, 0.1) is 0 Å². The molecule has 9 heavy (non-hydrogen) atoms. The first-order valence-corrected chi connectivity index (χ1v) is 13.7. The number of rotatable bonds is 3. The van der Waals surface area contributed by atoms with Crippen LogP contribution in [-0.4, -0.2) is 24.3 Å². The van der Waals surface area contributed by atoms with E-state index in [9.17, 15) is 0 Å². The molecule has 0 nitrogen and oxygen atoms in total. The van der Waals surface area contributed by atoms with Crippen LogP contribution < -0.4 is 0 Å². The van der Waals surface area contributed by atoms with Gasteiger partial charge in [0.25, 0.3) is 0 Å². The molecule has 0 N–H and O–H groups in total. The summed E-state index contributed by atoms with van der Waals surface area (Å²) in [4.78, 5) is 7.09. The van der Waals surface area contributed by atoms with Crippen molar-refractivity contribution in [3.8, 4) is 0 Å². The van der Waals surface area contributed by atoms with Crippen LogP contribution in [0, 0.1) is 0 Å². The van der Waals surface area contributed by atoms with Crippen molar-refractivity contribution in [2.45, 2.75) is 21.2 Å². The fourth-order valence-corrected chi connectivity index (χ4v) is 3.67. The number of alkyl halides is 1. The molecule has 0 aliphatic heterocycles. The number of halogens is 1. The summed E-state index contributed by atoms with van der Waals surface area (Å²) < 4.78 is 1.44. The molecular formula is C7H15ClSn. The van der Waals surface area contributed by atoms with Crippen LogP contribution in [0.3, 0.4) is 0 Å². The maximum absolute atomic E-state index is 5.58. The molecule has 0 bridgehead atoms. The molecule has 0 unspecified atom stereocenters. The quantitative estimate of drug-likeness (QED) is 0.536. The first-order chi connectivity index (χ1) is 3.98. The molecule has 0 aliphatic rings.